The van der Waals surface area contributed by atoms with E-state index in [9.17, 15) is 9.59 Å². The van der Waals surface area contributed by atoms with Gasteiger partial charge < -0.3 is 14.8 Å². The molecule has 7 nitrogen and oxygen atoms in total. The van der Waals surface area contributed by atoms with Crippen LogP contribution in [0, 0.1) is 0 Å². The van der Waals surface area contributed by atoms with Crippen LogP contribution < -0.4 is 20.1 Å². The number of rotatable bonds is 4. The van der Waals surface area contributed by atoms with Gasteiger partial charge in [0.05, 0.1) is 24.1 Å². The summed E-state index contributed by atoms with van der Waals surface area (Å²) < 4.78 is 10.6. The molecule has 0 spiro atoms. The van der Waals surface area contributed by atoms with Gasteiger partial charge in [0.25, 0.3) is 11.8 Å². The molecule has 8 heteroatoms. The van der Waals surface area contributed by atoms with E-state index in [1.165, 1.54) is 18.4 Å². The summed E-state index contributed by atoms with van der Waals surface area (Å²) in [5.74, 6) is 0.637. The van der Waals surface area contributed by atoms with E-state index in [4.69, 9.17) is 9.47 Å². The predicted octanol–water partition coefficient (Wildman–Crippen LogP) is 3.40. The number of methoxy groups -OCH3 is 1. The van der Waals surface area contributed by atoms with Crippen molar-refractivity contribution in [2.45, 2.75) is 0 Å². The Morgan fingerprint density at radius 2 is 2.15 bits per heavy atom. The van der Waals surface area contributed by atoms with E-state index in [1.54, 1.807) is 36.4 Å². The maximum Gasteiger partial charge on any atom is 0.262 e. The monoisotopic (exact) mass is 381 g/mol. The van der Waals surface area contributed by atoms with E-state index in [0.29, 0.717) is 33.6 Å². The highest BCUT2D eigenvalue weighted by molar-refractivity contribution is 7.14. The normalized spacial score (nSPS) is 12.6. The molecule has 2 amide bonds. The zero-order valence-electron chi connectivity index (χ0n) is 14.3. The third kappa shape index (κ3) is 3.47. The van der Waals surface area contributed by atoms with E-state index in [2.05, 4.69) is 15.6 Å². The van der Waals surface area contributed by atoms with Crippen LogP contribution in [0.3, 0.4) is 0 Å². The minimum Gasteiger partial charge on any atom is -0.496 e. The van der Waals surface area contributed by atoms with Gasteiger partial charge in [-0.25, -0.2) is 4.98 Å². The summed E-state index contributed by atoms with van der Waals surface area (Å²) in [7, 11) is 1.52. The fourth-order valence-corrected chi connectivity index (χ4v) is 3.42. The number of ether oxygens (including phenoxy) is 2. The summed E-state index contributed by atoms with van der Waals surface area (Å²) >= 11 is 1.32. The summed E-state index contributed by atoms with van der Waals surface area (Å²) in [5.41, 5.74) is 2.55. The van der Waals surface area contributed by atoms with Gasteiger partial charge in [-0.05, 0) is 30.3 Å². The molecule has 1 aromatic heterocycles. The highest BCUT2D eigenvalue weighted by Crippen LogP contribution is 2.34. The van der Waals surface area contributed by atoms with Crippen LogP contribution >= 0.6 is 11.3 Å². The Kier molecular flexibility index (Phi) is 4.47. The molecule has 0 saturated heterocycles. The average Bonchev–Trinajstić information content (AvgIpc) is 3.15. The number of fused-ring (bicyclic) bond motifs is 1. The number of para-hydroxylation sites is 1. The first-order valence-corrected chi connectivity index (χ1v) is 8.99. The van der Waals surface area contributed by atoms with E-state index in [0.717, 1.165) is 5.56 Å². The van der Waals surface area contributed by atoms with Crippen LogP contribution in [0.15, 0.2) is 47.8 Å². The van der Waals surface area contributed by atoms with Crippen molar-refractivity contribution in [3.8, 4) is 22.8 Å². The van der Waals surface area contributed by atoms with Crippen molar-refractivity contribution in [2.75, 3.05) is 24.4 Å². The Morgan fingerprint density at radius 3 is 3.00 bits per heavy atom. The number of amides is 2. The predicted molar refractivity (Wildman–Crippen MR) is 103 cm³/mol. The SMILES string of the molecule is COc1ccccc1C(=O)Nc1nc(-c2ccc3c(c2)NC(=O)CO3)cs1. The molecule has 2 N–H and O–H groups in total. The highest BCUT2D eigenvalue weighted by Gasteiger charge is 2.18. The molecule has 0 bridgehead atoms. The number of carbonyl (C=O) groups excluding carboxylic acids is 2. The first-order valence-electron chi connectivity index (χ1n) is 8.11. The molecule has 3 aromatic rings. The van der Waals surface area contributed by atoms with Crippen molar-refractivity contribution in [2.24, 2.45) is 0 Å². The molecule has 4 rings (SSSR count). The molecule has 0 fully saturated rings. The molecule has 2 heterocycles. The Balaban J connectivity index is 1.55. The number of carbonyl (C=O) groups is 2. The van der Waals surface area contributed by atoms with Crippen LogP contribution in [-0.2, 0) is 4.79 Å². The number of hydrogen-bond acceptors (Lipinski definition) is 6. The number of anilines is 2. The van der Waals surface area contributed by atoms with E-state index >= 15 is 0 Å². The van der Waals surface area contributed by atoms with Gasteiger partial charge in [0.15, 0.2) is 11.7 Å². The largest absolute Gasteiger partial charge is 0.496 e. The van der Waals surface area contributed by atoms with E-state index < -0.39 is 0 Å². The van der Waals surface area contributed by atoms with Gasteiger partial charge in [0, 0.05) is 10.9 Å². The number of nitrogens with zero attached hydrogens (tertiary/aromatic N) is 1. The summed E-state index contributed by atoms with van der Waals surface area (Å²) in [4.78, 5) is 28.4. The molecule has 2 aromatic carbocycles. The van der Waals surface area contributed by atoms with Gasteiger partial charge in [0.1, 0.15) is 11.5 Å². The Labute approximate surface area is 159 Å². The number of benzene rings is 2. The number of aromatic nitrogens is 1. The summed E-state index contributed by atoms with van der Waals surface area (Å²) in [6, 6.07) is 12.4. The van der Waals surface area contributed by atoms with Crippen LogP contribution in [0.4, 0.5) is 10.8 Å². The number of hydrogen-bond donors (Lipinski definition) is 2. The summed E-state index contributed by atoms with van der Waals surface area (Å²) in [6.45, 7) is 0.0160. The van der Waals surface area contributed by atoms with E-state index in [1.807, 2.05) is 11.4 Å². The lowest BCUT2D eigenvalue weighted by Gasteiger charge is -2.18. The number of nitrogens with one attached hydrogen (secondary N) is 2. The maximum atomic E-state index is 12.5. The van der Waals surface area contributed by atoms with Crippen molar-refractivity contribution in [1.82, 2.24) is 4.98 Å². The van der Waals surface area contributed by atoms with Crippen molar-refractivity contribution in [3.63, 3.8) is 0 Å². The minimum atomic E-state index is -0.292. The average molecular weight is 381 g/mol. The highest BCUT2D eigenvalue weighted by atomic mass is 32.1. The molecule has 27 heavy (non-hydrogen) atoms. The Hall–Kier alpha value is -3.39. The van der Waals surface area contributed by atoms with Gasteiger partial charge >= 0.3 is 0 Å². The van der Waals surface area contributed by atoms with Crippen LogP contribution in [0.1, 0.15) is 10.4 Å². The standard InChI is InChI=1S/C19H15N3O4S/c1-25-15-5-3-2-4-12(15)18(24)22-19-21-14(10-27-19)11-6-7-16-13(8-11)20-17(23)9-26-16/h2-8,10H,9H2,1H3,(H,20,23)(H,21,22,24). The van der Waals surface area contributed by atoms with Crippen LogP contribution in [-0.4, -0.2) is 30.5 Å². The topological polar surface area (TPSA) is 89.5 Å². The van der Waals surface area contributed by atoms with Gasteiger partial charge in [0.2, 0.25) is 0 Å². The quantitative estimate of drug-likeness (QED) is 0.723. The molecule has 0 atom stereocenters. The zero-order chi connectivity index (χ0) is 18.8. The first-order chi connectivity index (χ1) is 13.1. The maximum absolute atomic E-state index is 12.5. The van der Waals surface area contributed by atoms with Gasteiger partial charge in [-0.3, -0.25) is 14.9 Å². The van der Waals surface area contributed by atoms with Crippen LogP contribution in [0.5, 0.6) is 11.5 Å². The van der Waals surface area contributed by atoms with Gasteiger partial charge in [-0.1, -0.05) is 12.1 Å². The Bertz CT molecular complexity index is 1030. The van der Waals surface area contributed by atoms with Gasteiger partial charge in [-0.15, -0.1) is 11.3 Å². The first kappa shape index (κ1) is 17.0. The Morgan fingerprint density at radius 1 is 1.30 bits per heavy atom. The molecule has 1 aliphatic heterocycles. The van der Waals surface area contributed by atoms with Crippen LogP contribution in [0.25, 0.3) is 11.3 Å². The third-order valence-corrected chi connectivity index (χ3v) is 4.74. The molecule has 136 valence electrons. The molecule has 0 radical (unpaired) electrons. The fourth-order valence-electron chi connectivity index (χ4n) is 2.70. The summed E-state index contributed by atoms with van der Waals surface area (Å²) in [5, 5.41) is 7.87. The zero-order valence-corrected chi connectivity index (χ0v) is 15.1. The van der Waals surface area contributed by atoms with Crippen molar-refractivity contribution in [1.29, 1.82) is 0 Å². The molecule has 0 saturated carbocycles. The second kappa shape index (κ2) is 7.08. The third-order valence-electron chi connectivity index (χ3n) is 3.98. The van der Waals surface area contributed by atoms with Crippen molar-refractivity contribution < 1.29 is 19.1 Å². The minimum absolute atomic E-state index is 0.0160. The molecular weight excluding hydrogens is 366 g/mol. The number of thiazole rings is 1. The van der Waals surface area contributed by atoms with Crippen molar-refractivity contribution in [3.05, 3.63) is 53.4 Å². The van der Waals surface area contributed by atoms with Crippen molar-refractivity contribution >= 4 is 34.0 Å². The van der Waals surface area contributed by atoms with E-state index in [-0.39, 0.29) is 18.4 Å². The lowest BCUT2D eigenvalue weighted by molar-refractivity contribution is -0.118. The van der Waals surface area contributed by atoms with Crippen LogP contribution in [0.2, 0.25) is 0 Å². The second-order valence-corrected chi connectivity index (χ2v) is 6.60. The molecule has 0 unspecified atom stereocenters. The molecular formula is C19H15N3O4S. The van der Waals surface area contributed by atoms with Gasteiger partial charge in [-0.2, -0.15) is 0 Å². The molecule has 1 aliphatic rings. The summed E-state index contributed by atoms with van der Waals surface area (Å²) in [6.07, 6.45) is 0. The lowest BCUT2D eigenvalue weighted by atomic mass is 10.1. The second-order valence-electron chi connectivity index (χ2n) is 5.74. The fraction of sp³-hybridized carbons (Fsp3) is 0.105. The molecule has 0 aliphatic carbocycles. The smallest absolute Gasteiger partial charge is 0.262 e. The lowest BCUT2D eigenvalue weighted by Crippen LogP contribution is -2.25.